The molecule has 0 fully saturated rings. The van der Waals surface area contributed by atoms with Crippen LogP contribution in [0.25, 0.3) is 0 Å². The van der Waals surface area contributed by atoms with Gasteiger partial charge in [-0.3, -0.25) is 0 Å². The number of rotatable bonds is 8. The molecular weight excluding hydrogens is 224 g/mol. The van der Waals surface area contributed by atoms with Crippen LogP contribution in [0.2, 0.25) is 6.04 Å². The molecule has 0 aliphatic rings. The molecule has 80 valence electrons. The van der Waals surface area contributed by atoms with Crippen LogP contribution in [0.15, 0.2) is 0 Å². The van der Waals surface area contributed by atoms with Crippen molar-refractivity contribution in [3.05, 3.63) is 0 Å². The van der Waals surface area contributed by atoms with Crippen molar-refractivity contribution in [1.82, 2.24) is 0 Å². The summed E-state index contributed by atoms with van der Waals surface area (Å²) in [5.41, 5.74) is 0. The Morgan fingerprint density at radius 1 is 1.08 bits per heavy atom. The molecule has 0 N–H and O–H groups in total. The highest BCUT2D eigenvalue weighted by Crippen LogP contribution is 2.38. The summed E-state index contributed by atoms with van der Waals surface area (Å²) in [6.07, 6.45) is 1.10. The molecule has 0 bridgehead atoms. The highest BCUT2D eigenvalue weighted by Gasteiger charge is 2.39. The quantitative estimate of drug-likeness (QED) is 0.482. The smallest absolute Gasteiger partial charge is 0.375 e. The van der Waals surface area contributed by atoms with Gasteiger partial charge < -0.3 is 12.8 Å². The highest BCUT2D eigenvalue weighted by atomic mass is 32.6. The minimum atomic E-state index is -1.91. The summed E-state index contributed by atoms with van der Waals surface area (Å²) in [6.45, 7) is 2.96. The van der Waals surface area contributed by atoms with Gasteiger partial charge in [0, 0.05) is 43.8 Å². The van der Waals surface area contributed by atoms with E-state index in [1.54, 1.807) is 14.2 Å². The molecule has 0 aromatic heterocycles. The fourth-order valence-electron chi connectivity index (χ4n) is 0.998. The van der Waals surface area contributed by atoms with Crippen LogP contribution in [0.1, 0.15) is 20.3 Å². The molecule has 0 heterocycles. The van der Waals surface area contributed by atoms with E-state index in [1.165, 1.54) is 23.0 Å². The second-order valence-electron chi connectivity index (χ2n) is 2.37. The Bertz CT molecular complexity index is 96.8. The van der Waals surface area contributed by atoms with Gasteiger partial charge in [0.2, 0.25) is 0 Å². The minimum absolute atomic E-state index is 0.721. The van der Waals surface area contributed by atoms with Crippen molar-refractivity contribution in [2.45, 2.75) is 26.3 Å². The monoisotopic (exact) mass is 242 g/mol. The van der Waals surface area contributed by atoms with Crippen LogP contribution in [0, 0.1) is 0 Å². The average Bonchev–Trinajstić information content (AvgIpc) is 2.06. The van der Waals surface area contributed by atoms with Gasteiger partial charge in [-0.05, 0) is 13.0 Å². The van der Waals surface area contributed by atoms with Gasteiger partial charge in [0.1, 0.15) is 0 Å². The Morgan fingerprint density at radius 3 is 1.92 bits per heavy atom. The summed E-state index contributed by atoms with van der Waals surface area (Å²) in [5.74, 6) is 0. The summed E-state index contributed by atoms with van der Waals surface area (Å²) >= 11 is 2.90. The number of hydrogen-bond acceptors (Lipinski definition) is 5. The van der Waals surface area contributed by atoms with Crippen molar-refractivity contribution >= 4 is 29.6 Å². The van der Waals surface area contributed by atoms with Gasteiger partial charge in [-0.25, -0.2) is 0 Å². The summed E-state index contributed by atoms with van der Waals surface area (Å²) in [7, 11) is 3.36. The van der Waals surface area contributed by atoms with Gasteiger partial charge in [0.05, 0.1) is 0 Å². The molecular formula is C7H18O3S2Si. The van der Waals surface area contributed by atoms with Crippen LogP contribution in [0.3, 0.4) is 0 Å². The van der Waals surface area contributed by atoms with Gasteiger partial charge in [-0.15, -0.1) is 0 Å². The SMILES string of the molecule is CCC[Si](OCC)(SOC)SOC. The second kappa shape index (κ2) is 8.13. The van der Waals surface area contributed by atoms with Gasteiger partial charge in [0.15, 0.2) is 0 Å². The van der Waals surface area contributed by atoms with E-state index in [1.807, 2.05) is 6.92 Å². The zero-order valence-electron chi connectivity index (χ0n) is 8.66. The Morgan fingerprint density at radius 2 is 1.62 bits per heavy atom. The Labute approximate surface area is 89.7 Å². The number of hydrogen-bond donors (Lipinski definition) is 0. The molecule has 0 aromatic carbocycles. The lowest BCUT2D eigenvalue weighted by molar-refractivity contribution is 0.343. The van der Waals surface area contributed by atoms with Gasteiger partial charge >= 0.3 is 6.62 Å². The van der Waals surface area contributed by atoms with Crippen LogP contribution < -0.4 is 0 Å². The van der Waals surface area contributed by atoms with Gasteiger partial charge in [0.25, 0.3) is 0 Å². The third-order valence-corrected chi connectivity index (χ3v) is 9.70. The molecule has 3 nitrogen and oxygen atoms in total. The fraction of sp³-hybridized carbons (Fsp3) is 1.00. The van der Waals surface area contributed by atoms with Crippen molar-refractivity contribution in [1.29, 1.82) is 0 Å². The van der Waals surface area contributed by atoms with Crippen molar-refractivity contribution in [3.8, 4) is 0 Å². The standard InChI is InChI=1S/C7H18O3S2Si/c1-5-7-13(10-6-2,11-8-3)12-9-4/h5-7H2,1-4H3. The molecule has 0 unspecified atom stereocenters. The topological polar surface area (TPSA) is 27.7 Å². The molecule has 0 spiro atoms. The molecule has 0 aliphatic heterocycles. The van der Waals surface area contributed by atoms with E-state index in [9.17, 15) is 0 Å². The predicted octanol–water partition coefficient (Wildman–Crippen LogP) is 2.96. The largest absolute Gasteiger partial charge is 0.397 e. The van der Waals surface area contributed by atoms with Crippen molar-refractivity contribution in [3.63, 3.8) is 0 Å². The van der Waals surface area contributed by atoms with Crippen LogP contribution in [0.5, 0.6) is 0 Å². The summed E-state index contributed by atoms with van der Waals surface area (Å²) in [4.78, 5) is 0. The van der Waals surface area contributed by atoms with Crippen molar-refractivity contribution < 1.29 is 12.8 Å². The van der Waals surface area contributed by atoms with Crippen LogP contribution in [-0.4, -0.2) is 27.4 Å². The molecule has 13 heavy (non-hydrogen) atoms. The Hall–Kier alpha value is 0.797. The lowest BCUT2D eigenvalue weighted by atomic mass is 10.6. The maximum atomic E-state index is 5.77. The maximum absolute atomic E-state index is 5.77. The molecule has 0 rings (SSSR count). The molecule has 0 aromatic rings. The van der Waals surface area contributed by atoms with E-state index in [4.69, 9.17) is 12.8 Å². The third kappa shape index (κ3) is 5.29. The zero-order valence-corrected chi connectivity index (χ0v) is 11.3. The summed E-state index contributed by atoms with van der Waals surface area (Å²) < 4.78 is 16.0. The molecule has 0 aliphatic carbocycles. The summed E-state index contributed by atoms with van der Waals surface area (Å²) in [6, 6.07) is 1.04. The molecule has 0 saturated carbocycles. The molecule has 0 saturated heterocycles. The first kappa shape index (κ1) is 13.8. The van der Waals surface area contributed by atoms with E-state index < -0.39 is 6.62 Å². The Kier molecular flexibility index (Phi) is 8.63. The van der Waals surface area contributed by atoms with Crippen molar-refractivity contribution in [2.75, 3.05) is 20.8 Å². The molecule has 0 radical (unpaired) electrons. The first-order chi connectivity index (χ1) is 6.24. The third-order valence-electron chi connectivity index (χ3n) is 1.34. The molecule has 6 heteroatoms. The van der Waals surface area contributed by atoms with E-state index in [2.05, 4.69) is 6.92 Å². The molecule has 0 atom stereocenters. The van der Waals surface area contributed by atoms with Crippen LogP contribution in [-0.2, 0) is 12.8 Å². The zero-order chi connectivity index (χ0) is 10.2. The first-order valence-electron chi connectivity index (χ1n) is 4.32. The van der Waals surface area contributed by atoms with Crippen molar-refractivity contribution in [2.24, 2.45) is 0 Å². The van der Waals surface area contributed by atoms with Gasteiger partial charge in [-0.1, -0.05) is 13.3 Å². The first-order valence-corrected chi connectivity index (χ1v) is 9.37. The fourth-order valence-corrected chi connectivity index (χ4v) is 8.79. The molecule has 0 amide bonds. The minimum Gasteiger partial charge on any atom is -0.397 e. The normalized spacial score (nSPS) is 12.0. The second-order valence-corrected chi connectivity index (χ2v) is 11.3. The lowest BCUT2D eigenvalue weighted by Crippen LogP contribution is -2.31. The van der Waals surface area contributed by atoms with Crippen LogP contribution >= 0.6 is 23.0 Å². The van der Waals surface area contributed by atoms with Crippen LogP contribution in [0.4, 0.5) is 0 Å². The van der Waals surface area contributed by atoms with E-state index in [0.717, 1.165) is 19.1 Å². The lowest BCUT2D eigenvalue weighted by Gasteiger charge is -2.25. The predicted molar refractivity (Wildman–Crippen MR) is 61.7 cm³/mol. The Balaban J connectivity index is 4.19. The maximum Gasteiger partial charge on any atom is 0.375 e. The van der Waals surface area contributed by atoms with E-state index in [-0.39, 0.29) is 0 Å². The van der Waals surface area contributed by atoms with E-state index >= 15 is 0 Å². The summed E-state index contributed by atoms with van der Waals surface area (Å²) in [5, 5.41) is 0. The van der Waals surface area contributed by atoms with E-state index in [0.29, 0.717) is 0 Å². The van der Waals surface area contributed by atoms with Gasteiger partial charge in [-0.2, -0.15) is 0 Å². The highest BCUT2D eigenvalue weighted by molar-refractivity contribution is 8.54. The average molecular weight is 242 g/mol.